The smallest absolute Gasteiger partial charge is 0.335 e. The van der Waals surface area contributed by atoms with Gasteiger partial charge in [-0.25, -0.2) is 9.78 Å². The standard InChI is InChI=1S/C16H19N3O2/c1-18(9-12-2-4-13(5-3-12)16(20)21)10-15-8-17-11-19(15)14-6-7-14/h2-5,8,11,14H,6-7,9-10H2,1H3,(H,20,21). The van der Waals surface area contributed by atoms with Gasteiger partial charge in [0.05, 0.1) is 17.6 Å². The van der Waals surface area contributed by atoms with Gasteiger partial charge in [0.25, 0.3) is 0 Å². The summed E-state index contributed by atoms with van der Waals surface area (Å²) in [6, 6.07) is 7.70. The molecule has 5 heteroatoms. The second kappa shape index (κ2) is 5.69. The molecule has 0 atom stereocenters. The van der Waals surface area contributed by atoms with Crippen molar-refractivity contribution in [3.05, 3.63) is 53.6 Å². The number of carbonyl (C=O) groups is 1. The molecule has 3 rings (SSSR count). The Balaban J connectivity index is 1.61. The summed E-state index contributed by atoms with van der Waals surface area (Å²) in [4.78, 5) is 17.3. The fourth-order valence-electron chi connectivity index (χ4n) is 2.53. The van der Waals surface area contributed by atoms with Gasteiger partial charge in [0.1, 0.15) is 0 Å². The van der Waals surface area contributed by atoms with Crippen molar-refractivity contribution >= 4 is 5.97 Å². The van der Waals surface area contributed by atoms with Gasteiger partial charge in [0.15, 0.2) is 0 Å². The Morgan fingerprint density at radius 1 is 1.33 bits per heavy atom. The van der Waals surface area contributed by atoms with Crippen LogP contribution >= 0.6 is 0 Å². The second-order valence-corrected chi connectivity index (χ2v) is 5.70. The third-order valence-electron chi connectivity index (χ3n) is 3.77. The number of hydrogen-bond donors (Lipinski definition) is 1. The van der Waals surface area contributed by atoms with Crippen molar-refractivity contribution in [2.24, 2.45) is 0 Å². The largest absolute Gasteiger partial charge is 0.478 e. The van der Waals surface area contributed by atoms with E-state index in [2.05, 4.69) is 21.5 Å². The van der Waals surface area contributed by atoms with Gasteiger partial charge in [-0.2, -0.15) is 0 Å². The van der Waals surface area contributed by atoms with Crippen molar-refractivity contribution in [1.82, 2.24) is 14.5 Å². The zero-order chi connectivity index (χ0) is 14.8. The summed E-state index contributed by atoms with van der Waals surface area (Å²) >= 11 is 0. The number of nitrogens with zero attached hydrogens (tertiary/aromatic N) is 3. The van der Waals surface area contributed by atoms with E-state index in [-0.39, 0.29) is 0 Å². The SMILES string of the molecule is CN(Cc1ccc(C(=O)O)cc1)Cc1cncn1C1CC1. The molecule has 1 N–H and O–H groups in total. The predicted octanol–water partition coefficient (Wildman–Crippen LogP) is 2.55. The Labute approximate surface area is 123 Å². The fraction of sp³-hybridized carbons (Fsp3) is 0.375. The van der Waals surface area contributed by atoms with Gasteiger partial charge >= 0.3 is 5.97 Å². The minimum absolute atomic E-state index is 0.327. The van der Waals surface area contributed by atoms with Crippen molar-refractivity contribution in [3.8, 4) is 0 Å². The third-order valence-corrected chi connectivity index (χ3v) is 3.77. The van der Waals surface area contributed by atoms with Crippen molar-refractivity contribution in [1.29, 1.82) is 0 Å². The highest BCUT2D eigenvalue weighted by molar-refractivity contribution is 5.87. The number of aromatic nitrogens is 2. The van der Waals surface area contributed by atoms with Crippen LogP contribution in [0.2, 0.25) is 0 Å². The Hall–Kier alpha value is -2.14. The molecule has 21 heavy (non-hydrogen) atoms. The number of imidazole rings is 1. The Bertz CT molecular complexity index is 629. The highest BCUT2D eigenvalue weighted by atomic mass is 16.4. The Morgan fingerprint density at radius 3 is 2.67 bits per heavy atom. The molecule has 1 aliphatic carbocycles. The predicted molar refractivity (Wildman–Crippen MR) is 79.1 cm³/mol. The van der Waals surface area contributed by atoms with Crippen LogP contribution in [0, 0.1) is 0 Å². The van der Waals surface area contributed by atoms with Crippen LogP contribution in [-0.4, -0.2) is 32.6 Å². The first-order valence-electron chi connectivity index (χ1n) is 7.15. The summed E-state index contributed by atoms with van der Waals surface area (Å²) in [7, 11) is 2.06. The first kappa shape index (κ1) is 13.8. The second-order valence-electron chi connectivity index (χ2n) is 5.70. The summed E-state index contributed by atoms with van der Waals surface area (Å²) in [6.45, 7) is 1.63. The van der Waals surface area contributed by atoms with Crippen LogP contribution in [0.1, 0.15) is 40.5 Å². The van der Waals surface area contributed by atoms with Crippen LogP contribution in [0.25, 0.3) is 0 Å². The zero-order valence-corrected chi connectivity index (χ0v) is 12.1. The highest BCUT2D eigenvalue weighted by Gasteiger charge is 2.25. The molecule has 0 bridgehead atoms. The fourth-order valence-corrected chi connectivity index (χ4v) is 2.53. The van der Waals surface area contributed by atoms with E-state index in [1.54, 1.807) is 12.1 Å². The topological polar surface area (TPSA) is 58.4 Å². The van der Waals surface area contributed by atoms with E-state index in [9.17, 15) is 4.79 Å². The molecule has 0 amide bonds. The lowest BCUT2D eigenvalue weighted by molar-refractivity contribution is 0.0697. The number of benzene rings is 1. The average molecular weight is 285 g/mol. The lowest BCUT2D eigenvalue weighted by atomic mass is 10.1. The number of hydrogen-bond acceptors (Lipinski definition) is 3. The molecule has 0 radical (unpaired) electrons. The van der Waals surface area contributed by atoms with Crippen LogP contribution in [-0.2, 0) is 13.1 Å². The summed E-state index contributed by atoms with van der Waals surface area (Å²) < 4.78 is 2.27. The van der Waals surface area contributed by atoms with Crippen LogP contribution in [0.4, 0.5) is 0 Å². The van der Waals surface area contributed by atoms with Crippen LogP contribution in [0.3, 0.4) is 0 Å². The summed E-state index contributed by atoms with van der Waals surface area (Å²) in [5.74, 6) is -0.886. The molecule has 1 fully saturated rings. The molecule has 110 valence electrons. The van der Waals surface area contributed by atoms with Gasteiger partial charge in [-0.05, 0) is 37.6 Å². The average Bonchev–Trinajstić information content (AvgIpc) is 3.20. The minimum atomic E-state index is -0.886. The van der Waals surface area contributed by atoms with E-state index in [1.807, 2.05) is 24.7 Å². The third kappa shape index (κ3) is 3.31. The van der Waals surface area contributed by atoms with E-state index >= 15 is 0 Å². The molecule has 0 aliphatic heterocycles. The molecule has 0 saturated heterocycles. The van der Waals surface area contributed by atoms with E-state index in [0.717, 1.165) is 18.7 Å². The lowest BCUT2D eigenvalue weighted by Gasteiger charge is -2.17. The summed E-state index contributed by atoms with van der Waals surface area (Å²) in [5.41, 5.74) is 2.68. The summed E-state index contributed by atoms with van der Waals surface area (Å²) in [5, 5.41) is 8.90. The van der Waals surface area contributed by atoms with E-state index in [0.29, 0.717) is 11.6 Å². The summed E-state index contributed by atoms with van der Waals surface area (Å²) in [6.07, 6.45) is 6.36. The normalized spacial score (nSPS) is 14.6. The Morgan fingerprint density at radius 2 is 2.05 bits per heavy atom. The van der Waals surface area contributed by atoms with Gasteiger partial charge in [0.2, 0.25) is 0 Å². The number of carboxylic acids is 1. The van der Waals surface area contributed by atoms with Gasteiger partial charge in [0, 0.05) is 25.3 Å². The molecule has 1 aliphatic rings. The van der Waals surface area contributed by atoms with Crippen LogP contribution in [0.5, 0.6) is 0 Å². The maximum Gasteiger partial charge on any atom is 0.335 e. The molecular weight excluding hydrogens is 266 g/mol. The molecule has 1 aromatic heterocycles. The maximum atomic E-state index is 10.8. The van der Waals surface area contributed by atoms with Crippen LogP contribution < -0.4 is 0 Å². The molecule has 5 nitrogen and oxygen atoms in total. The monoisotopic (exact) mass is 285 g/mol. The number of rotatable bonds is 6. The Kier molecular flexibility index (Phi) is 3.75. The van der Waals surface area contributed by atoms with Crippen LogP contribution in [0.15, 0.2) is 36.8 Å². The van der Waals surface area contributed by atoms with E-state index in [4.69, 9.17) is 5.11 Å². The van der Waals surface area contributed by atoms with E-state index in [1.165, 1.54) is 18.5 Å². The molecule has 0 spiro atoms. The van der Waals surface area contributed by atoms with E-state index < -0.39 is 5.97 Å². The quantitative estimate of drug-likeness (QED) is 0.886. The van der Waals surface area contributed by atoms with Crippen molar-refractivity contribution < 1.29 is 9.90 Å². The van der Waals surface area contributed by atoms with Crippen molar-refractivity contribution in [2.45, 2.75) is 32.0 Å². The molecule has 1 heterocycles. The molecule has 1 saturated carbocycles. The lowest BCUT2D eigenvalue weighted by Crippen LogP contribution is -2.19. The number of aromatic carboxylic acids is 1. The minimum Gasteiger partial charge on any atom is -0.478 e. The molecule has 1 aromatic carbocycles. The zero-order valence-electron chi connectivity index (χ0n) is 12.1. The van der Waals surface area contributed by atoms with Crippen molar-refractivity contribution in [2.75, 3.05) is 7.05 Å². The van der Waals surface area contributed by atoms with Gasteiger partial charge in [-0.15, -0.1) is 0 Å². The molecule has 0 unspecified atom stereocenters. The number of carboxylic acid groups (broad SMARTS) is 1. The van der Waals surface area contributed by atoms with Gasteiger partial charge in [-0.1, -0.05) is 12.1 Å². The molecular formula is C16H19N3O2. The highest BCUT2D eigenvalue weighted by Crippen LogP contribution is 2.35. The van der Waals surface area contributed by atoms with Gasteiger partial charge < -0.3 is 9.67 Å². The first-order valence-corrected chi connectivity index (χ1v) is 7.15. The van der Waals surface area contributed by atoms with Crippen molar-refractivity contribution in [3.63, 3.8) is 0 Å². The first-order chi connectivity index (χ1) is 10.1. The van der Waals surface area contributed by atoms with Gasteiger partial charge in [-0.3, -0.25) is 4.90 Å². The molecule has 2 aromatic rings. The maximum absolute atomic E-state index is 10.8.